The number of benzene rings is 1. The van der Waals surface area contributed by atoms with Crippen LogP contribution in [0.25, 0.3) is 11.0 Å². The van der Waals surface area contributed by atoms with Crippen LogP contribution in [0.5, 0.6) is 0 Å². The highest BCUT2D eigenvalue weighted by Gasteiger charge is 2.27. The van der Waals surface area contributed by atoms with E-state index in [-0.39, 0.29) is 12.1 Å². The normalized spacial score (nSPS) is 20.4. The molecular formula is C19H22N4O3. The van der Waals surface area contributed by atoms with Crippen LogP contribution in [0.3, 0.4) is 0 Å². The summed E-state index contributed by atoms with van der Waals surface area (Å²) in [5.41, 5.74) is 3.62. The van der Waals surface area contributed by atoms with Gasteiger partial charge in [0.15, 0.2) is 0 Å². The van der Waals surface area contributed by atoms with Crippen molar-refractivity contribution in [2.45, 2.75) is 39.0 Å². The van der Waals surface area contributed by atoms with Crippen molar-refractivity contribution < 1.29 is 14.0 Å². The van der Waals surface area contributed by atoms with E-state index in [1.54, 1.807) is 6.20 Å². The van der Waals surface area contributed by atoms with Gasteiger partial charge in [-0.25, -0.2) is 4.98 Å². The molecule has 3 heterocycles. The second kappa shape index (κ2) is 7.39. The summed E-state index contributed by atoms with van der Waals surface area (Å²) in [6, 6.07) is 7.95. The molecule has 1 saturated heterocycles. The number of aryl methyl sites for hydroxylation is 2. The van der Waals surface area contributed by atoms with Gasteiger partial charge in [-0.1, -0.05) is 17.3 Å². The van der Waals surface area contributed by atoms with Crippen molar-refractivity contribution in [1.29, 1.82) is 0 Å². The fourth-order valence-corrected chi connectivity index (χ4v) is 3.16. The lowest BCUT2D eigenvalue weighted by molar-refractivity contribution is -0.0640. The molecular weight excluding hydrogens is 332 g/mol. The van der Waals surface area contributed by atoms with Crippen molar-refractivity contribution in [3.05, 3.63) is 47.5 Å². The number of anilines is 1. The number of aromatic nitrogens is 3. The molecule has 1 aromatic carbocycles. The molecule has 1 aliphatic rings. The van der Waals surface area contributed by atoms with E-state index >= 15 is 0 Å². The topological polar surface area (TPSA) is 82.3 Å². The molecule has 1 N–H and O–H groups in total. The van der Waals surface area contributed by atoms with Gasteiger partial charge in [-0.05, 0) is 32.4 Å². The van der Waals surface area contributed by atoms with Gasteiger partial charge in [0.1, 0.15) is 17.7 Å². The standard InChI is InChI=1S/C19H22N4O3/c1-12-14(13(2)26-23-12)10-25-18-11-24-8-7-17(18)22-19-9-20-15-5-3-4-6-16(15)21-19/h3-6,9,17-18H,7-8,10-11H2,1-2H3,(H,21,22)/t17-,18-/m1/s1. The van der Waals surface area contributed by atoms with E-state index in [4.69, 9.17) is 14.0 Å². The highest BCUT2D eigenvalue weighted by molar-refractivity contribution is 5.75. The van der Waals surface area contributed by atoms with Gasteiger partial charge in [0, 0.05) is 12.2 Å². The predicted octanol–water partition coefficient (Wildman–Crippen LogP) is 3.02. The number of hydrogen-bond acceptors (Lipinski definition) is 7. The fraction of sp³-hybridized carbons (Fsp3) is 0.421. The van der Waals surface area contributed by atoms with E-state index in [1.807, 2.05) is 38.1 Å². The maximum Gasteiger partial charge on any atom is 0.145 e. The van der Waals surface area contributed by atoms with E-state index in [2.05, 4.69) is 20.4 Å². The Bertz CT molecular complexity index is 876. The third-order valence-electron chi connectivity index (χ3n) is 4.71. The summed E-state index contributed by atoms with van der Waals surface area (Å²) >= 11 is 0. The third kappa shape index (κ3) is 3.54. The molecule has 2 atom stereocenters. The Balaban J connectivity index is 1.46. The molecule has 136 valence electrons. The van der Waals surface area contributed by atoms with Crippen LogP contribution in [-0.4, -0.2) is 40.5 Å². The van der Waals surface area contributed by atoms with Crippen molar-refractivity contribution in [2.75, 3.05) is 18.5 Å². The summed E-state index contributed by atoms with van der Waals surface area (Å²) in [5.74, 6) is 1.55. The Morgan fingerprint density at radius 3 is 2.88 bits per heavy atom. The first-order valence-corrected chi connectivity index (χ1v) is 8.80. The summed E-state index contributed by atoms with van der Waals surface area (Å²) in [7, 11) is 0. The average molecular weight is 354 g/mol. The Morgan fingerprint density at radius 2 is 2.08 bits per heavy atom. The second-order valence-corrected chi connectivity index (χ2v) is 6.51. The van der Waals surface area contributed by atoms with Crippen molar-refractivity contribution in [3.8, 4) is 0 Å². The largest absolute Gasteiger partial charge is 0.379 e. The van der Waals surface area contributed by atoms with Crippen LogP contribution in [0.15, 0.2) is 35.0 Å². The Hall–Kier alpha value is -2.51. The van der Waals surface area contributed by atoms with Gasteiger partial charge in [-0.3, -0.25) is 4.98 Å². The molecule has 7 nitrogen and oxygen atoms in total. The molecule has 0 radical (unpaired) electrons. The molecule has 1 fully saturated rings. The summed E-state index contributed by atoms with van der Waals surface area (Å²) in [4.78, 5) is 9.11. The minimum Gasteiger partial charge on any atom is -0.379 e. The number of rotatable bonds is 5. The molecule has 0 unspecified atom stereocenters. The lowest BCUT2D eigenvalue weighted by atomic mass is 10.1. The van der Waals surface area contributed by atoms with E-state index in [9.17, 15) is 0 Å². The summed E-state index contributed by atoms with van der Waals surface area (Å²) < 4.78 is 16.9. The van der Waals surface area contributed by atoms with Crippen LogP contribution in [-0.2, 0) is 16.1 Å². The summed E-state index contributed by atoms with van der Waals surface area (Å²) in [6.45, 7) is 5.52. The van der Waals surface area contributed by atoms with Gasteiger partial charge in [0.2, 0.25) is 0 Å². The average Bonchev–Trinajstić information content (AvgIpc) is 2.99. The zero-order valence-corrected chi connectivity index (χ0v) is 14.9. The highest BCUT2D eigenvalue weighted by Crippen LogP contribution is 2.21. The lowest BCUT2D eigenvalue weighted by Gasteiger charge is -2.32. The van der Waals surface area contributed by atoms with Gasteiger partial charge < -0.3 is 19.3 Å². The fourth-order valence-electron chi connectivity index (χ4n) is 3.16. The first-order valence-electron chi connectivity index (χ1n) is 8.80. The van der Waals surface area contributed by atoms with E-state index in [1.165, 1.54) is 0 Å². The second-order valence-electron chi connectivity index (χ2n) is 6.51. The van der Waals surface area contributed by atoms with Crippen LogP contribution in [0.2, 0.25) is 0 Å². The molecule has 2 aromatic heterocycles. The number of nitrogens with zero attached hydrogens (tertiary/aromatic N) is 3. The molecule has 4 rings (SSSR count). The monoisotopic (exact) mass is 354 g/mol. The van der Waals surface area contributed by atoms with Gasteiger partial charge >= 0.3 is 0 Å². The van der Waals surface area contributed by atoms with Crippen LogP contribution in [0, 0.1) is 13.8 Å². The predicted molar refractivity (Wildman–Crippen MR) is 96.9 cm³/mol. The van der Waals surface area contributed by atoms with Crippen LogP contribution in [0.4, 0.5) is 5.82 Å². The van der Waals surface area contributed by atoms with E-state index < -0.39 is 0 Å². The van der Waals surface area contributed by atoms with Crippen LogP contribution < -0.4 is 5.32 Å². The molecule has 7 heteroatoms. The van der Waals surface area contributed by atoms with Gasteiger partial charge in [-0.2, -0.15) is 0 Å². The van der Waals surface area contributed by atoms with Crippen molar-refractivity contribution in [3.63, 3.8) is 0 Å². The Labute approximate surface area is 151 Å². The van der Waals surface area contributed by atoms with E-state index in [0.717, 1.165) is 40.3 Å². The molecule has 0 aliphatic carbocycles. The minimum absolute atomic E-state index is 0.0780. The zero-order valence-electron chi connectivity index (χ0n) is 14.9. The maximum atomic E-state index is 6.13. The van der Waals surface area contributed by atoms with Crippen molar-refractivity contribution in [1.82, 2.24) is 15.1 Å². The third-order valence-corrected chi connectivity index (χ3v) is 4.71. The first kappa shape index (κ1) is 16.9. The molecule has 0 spiro atoms. The van der Waals surface area contributed by atoms with Crippen LogP contribution >= 0.6 is 0 Å². The number of nitrogens with one attached hydrogen (secondary N) is 1. The van der Waals surface area contributed by atoms with Gasteiger partial charge in [0.05, 0.1) is 42.2 Å². The smallest absolute Gasteiger partial charge is 0.145 e. The number of hydrogen-bond donors (Lipinski definition) is 1. The van der Waals surface area contributed by atoms with Crippen LogP contribution in [0.1, 0.15) is 23.4 Å². The Morgan fingerprint density at radius 1 is 1.23 bits per heavy atom. The molecule has 0 amide bonds. The van der Waals surface area contributed by atoms with Gasteiger partial charge in [-0.15, -0.1) is 0 Å². The molecule has 26 heavy (non-hydrogen) atoms. The Kier molecular flexibility index (Phi) is 4.81. The molecule has 0 bridgehead atoms. The summed E-state index contributed by atoms with van der Waals surface area (Å²) in [5, 5.41) is 7.44. The summed E-state index contributed by atoms with van der Waals surface area (Å²) in [6.07, 6.45) is 2.54. The van der Waals surface area contributed by atoms with Gasteiger partial charge in [0.25, 0.3) is 0 Å². The quantitative estimate of drug-likeness (QED) is 0.754. The number of fused-ring (bicyclic) bond motifs is 1. The number of ether oxygens (including phenoxy) is 2. The maximum absolute atomic E-state index is 6.13. The highest BCUT2D eigenvalue weighted by atomic mass is 16.5. The lowest BCUT2D eigenvalue weighted by Crippen LogP contribution is -2.43. The molecule has 1 aliphatic heterocycles. The zero-order chi connectivity index (χ0) is 17.9. The van der Waals surface area contributed by atoms with E-state index in [0.29, 0.717) is 19.8 Å². The SMILES string of the molecule is Cc1noc(C)c1CO[C@@H]1COCC[C@H]1Nc1cnc2ccccc2n1. The van der Waals surface area contributed by atoms with Crippen molar-refractivity contribution in [2.24, 2.45) is 0 Å². The number of para-hydroxylation sites is 2. The molecule has 0 saturated carbocycles. The molecule has 3 aromatic rings. The van der Waals surface area contributed by atoms with Crippen molar-refractivity contribution >= 4 is 16.9 Å². The minimum atomic E-state index is -0.0780. The first-order chi connectivity index (χ1) is 12.7.